The van der Waals surface area contributed by atoms with Crippen molar-refractivity contribution in [2.75, 3.05) is 0 Å². The lowest BCUT2D eigenvalue weighted by Crippen LogP contribution is -2.24. The molecule has 0 saturated heterocycles. The first-order valence-electron chi connectivity index (χ1n) is 6.67. The van der Waals surface area contributed by atoms with Gasteiger partial charge in [-0.3, -0.25) is 4.79 Å². The average molecular weight is 241 g/mol. The molecule has 0 spiro atoms. The predicted octanol–water partition coefficient (Wildman–Crippen LogP) is 2.93. The van der Waals surface area contributed by atoms with Crippen LogP contribution in [0.25, 0.3) is 5.57 Å². The minimum absolute atomic E-state index is 0.0601. The molecule has 1 saturated carbocycles. The lowest BCUT2D eigenvalue weighted by molar-refractivity contribution is -0.116. The minimum Gasteiger partial charge on any atom is -0.350 e. The van der Waals surface area contributed by atoms with Crippen molar-refractivity contribution in [3.8, 4) is 0 Å². The van der Waals surface area contributed by atoms with Crippen LogP contribution in [0.15, 0.2) is 30.3 Å². The average Bonchev–Trinajstić information content (AvgIpc) is 3.06. The van der Waals surface area contributed by atoms with Crippen LogP contribution in [-0.2, 0) is 11.2 Å². The van der Waals surface area contributed by atoms with Crippen molar-refractivity contribution in [1.29, 1.82) is 0 Å². The van der Waals surface area contributed by atoms with Gasteiger partial charge in [-0.1, -0.05) is 38.1 Å². The molecule has 2 heteroatoms. The summed E-state index contributed by atoms with van der Waals surface area (Å²) in [6.45, 7) is 4.42. The van der Waals surface area contributed by atoms with Crippen LogP contribution in [0.2, 0.25) is 0 Å². The summed E-state index contributed by atoms with van der Waals surface area (Å²) in [5, 5.41) is 3.03. The van der Waals surface area contributed by atoms with E-state index in [1.165, 1.54) is 16.7 Å². The molecule has 1 amide bonds. The van der Waals surface area contributed by atoms with Gasteiger partial charge in [0.2, 0.25) is 5.91 Å². The lowest BCUT2D eigenvalue weighted by Gasteiger charge is -2.19. The maximum Gasteiger partial charge on any atom is 0.244 e. The highest BCUT2D eigenvalue weighted by molar-refractivity contribution is 5.97. The van der Waals surface area contributed by atoms with E-state index in [9.17, 15) is 4.79 Å². The van der Waals surface area contributed by atoms with E-state index in [1.54, 1.807) is 0 Å². The molecule has 0 aliphatic heterocycles. The van der Waals surface area contributed by atoms with Crippen molar-refractivity contribution < 1.29 is 4.79 Å². The SMILES string of the molecule is CC1(C)Cc2ccccc2/C1=C\C(=O)NC1CC1. The number of carbonyl (C=O) groups excluding carboxylic acids is 1. The number of carbonyl (C=O) groups is 1. The summed E-state index contributed by atoms with van der Waals surface area (Å²) in [6.07, 6.45) is 5.10. The summed E-state index contributed by atoms with van der Waals surface area (Å²) in [7, 11) is 0. The molecular weight excluding hydrogens is 222 g/mol. The van der Waals surface area contributed by atoms with Crippen LogP contribution in [0.1, 0.15) is 37.8 Å². The maximum absolute atomic E-state index is 12.0. The Kier molecular flexibility index (Phi) is 2.54. The monoisotopic (exact) mass is 241 g/mol. The van der Waals surface area contributed by atoms with Gasteiger partial charge < -0.3 is 5.32 Å². The van der Waals surface area contributed by atoms with Gasteiger partial charge >= 0.3 is 0 Å². The van der Waals surface area contributed by atoms with Crippen LogP contribution >= 0.6 is 0 Å². The molecule has 2 aliphatic carbocycles. The third-order valence-corrected chi connectivity index (χ3v) is 3.87. The number of hydrogen-bond acceptors (Lipinski definition) is 1. The molecule has 0 unspecified atom stereocenters. The second-order valence-electron chi connectivity index (χ2n) is 6.06. The van der Waals surface area contributed by atoms with E-state index in [4.69, 9.17) is 0 Å². The fraction of sp³-hybridized carbons (Fsp3) is 0.438. The Hall–Kier alpha value is -1.57. The zero-order valence-electron chi connectivity index (χ0n) is 11.0. The van der Waals surface area contributed by atoms with E-state index in [0.29, 0.717) is 6.04 Å². The Balaban J connectivity index is 1.93. The zero-order chi connectivity index (χ0) is 12.8. The van der Waals surface area contributed by atoms with Crippen LogP contribution in [0.5, 0.6) is 0 Å². The van der Waals surface area contributed by atoms with E-state index in [0.717, 1.165) is 19.3 Å². The summed E-state index contributed by atoms with van der Waals surface area (Å²) in [5.74, 6) is 0.0669. The molecule has 18 heavy (non-hydrogen) atoms. The number of nitrogens with one attached hydrogen (secondary N) is 1. The van der Waals surface area contributed by atoms with Crippen LogP contribution in [0.4, 0.5) is 0 Å². The van der Waals surface area contributed by atoms with Crippen molar-refractivity contribution in [3.05, 3.63) is 41.5 Å². The molecule has 0 aromatic heterocycles. The van der Waals surface area contributed by atoms with E-state index in [-0.39, 0.29) is 11.3 Å². The fourth-order valence-corrected chi connectivity index (χ4v) is 2.75. The summed E-state index contributed by atoms with van der Waals surface area (Å²) < 4.78 is 0. The van der Waals surface area contributed by atoms with E-state index in [1.807, 2.05) is 12.1 Å². The molecule has 2 nitrogen and oxygen atoms in total. The highest BCUT2D eigenvalue weighted by Gasteiger charge is 2.34. The predicted molar refractivity (Wildman–Crippen MR) is 73.1 cm³/mol. The molecule has 3 rings (SSSR count). The second-order valence-corrected chi connectivity index (χ2v) is 6.06. The fourth-order valence-electron chi connectivity index (χ4n) is 2.75. The molecule has 0 heterocycles. The van der Waals surface area contributed by atoms with Crippen molar-refractivity contribution >= 4 is 11.5 Å². The topological polar surface area (TPSA) is 29.1 Å². The second kappa shape index (κ2) is 3.98. The largest absolute Gasteiger partial charge is 0.350 e. The Labute approximate surface area is 108 Å². The van der Waals surface area contributed by atoms with Gasteiger partial charge in [0.25, 0.3) is 0 Å². The molecule has 0 atom stereocenters. The summed E-state index contributed by atoms with van der Waals surface area (Å²) in [5.41, 5.74) is 3.84. The molecule has 0 radical (unpaired) electrons. The van der Waals surface area contributed by atoms with Gasteiger partial charge in [-0.2, -0.15) is 0 Å². The first-order valence-corrected chi connectivity index (χ1v) is 6.67. The van der Waals surface area contributed by atoms with Gasteiger partial charge in [0.1, 0.15) is 0 Å². The van der Waals surface area contributed by atoms with E-state index >= 15 is 0 Å². The molecule has 1 aromatic carbocycles. The van der Waals surface area contributed by atoms with Crippen molar-refractivity contribution in [1.82, 2.24) is 5.32 Å². The van der Waals surface area contributed by atoms with Crippen LogP contribution in [0.3, 0.4) is 0 Å². The first kappa shape index (κ1) is 11.5. The van der Waals surface area contributed by atoms with Crippen LogP contribution in [-0.4, -0.2) is 11.9 Å². The van der Waals surface area contributed by atoms with Gasteiger partial charge in [0.15, 0.2) is 0 Å². The first-order chi connectivity index (χ1) is 8.56. The van der Waals surface area contributed by atoms with Crippen LogP contribution < -0.4 is 5.32 Å². The quantitative estimate of drug-likeness (QED) is 0.792. The van der Waals surface area contributed by atoms with Gasteiger partial charge in [0.05, 0.1) is 0 Å². The highest BCUT2D eigenvalue weighted by atomic mass is 16.1. The summed E-state index contributed by atoms with van der Waals surface area (Å²) in [4.78, 5) is 12.0. The van der Waals surface area contributed by atoms with Crippen molar-refractivity contribution in [3.63, 3.8) is 0 Å². The van der Waals surface area contributed by atoms with Gasteiger partial charge in [0, 0.05) is 12.1 Å². The van der Waals surface area contributed by atoms with Gasteiger partial charge in [-0.05, 0) is 41.4 Å². The lowest BCUT2D eigenvalue weighted by atomic mass is 9.85. The molecule has 1 N–H and O–H groups in total. The molecular formula is C16H19NO. The number of amides is 1. The Morgan fingerprint density at radius 3 is 2.78 bits per heavy atom. The summed E-state index contributed by atoms with van der Waals surface area (Å²) >= 11 is 0. The maximum atomic E-state index is 12.0. The van der Waals surface area contributed by atoms with E-state index < -0.39 is 0 Å². The number of benzene rings is 1. The van der Waals surface area contributed by atoms with E-state index in [2.05, 4.69) is 37.4 Å². The molecule has 0 bridgehead atoms. The number of allylic oxidation sites excluding steroid dienone is 1. The molecule has 1 fully saturated rings. The standard InChI is InChI=1S/C16H19NO/c1-16(2)10-11-5-3-4-6-13(11)14(16)9-15(18)17-12-7-8-12/h3-6,9,12H,7-8,10H2,1-2H3,(H,17,18)/b14-9+. The highest BCUT2D eigenvalue weighted by Crippen LogP contribution is 2.45. The van der Waals surface area contributed by atoms with Crippen molar-refractivity contribution in [2.45, 2.75) is 39.2 Å². The molecule has 1 aromatic rings. The minimum atomic E-state index is 0.0601. The van der Waals surface area contributed by atoms with Crippen molar-refractivity contribution in [2.24, 2.45) is 5.41 Å². The van der Waals surface area contributed by atoms with Gasteiger partial charge in [-0.25, -0.2) is 0 Å². The number of hydrogen-bond donors (Lipinski definition) is 1. The number of fused-ring (bicyclic) bond motifs is 1. The number of rotatable bonds is 2. The Morgan fingerprint density at radius 2 is 2.06 bits per heavy atom. The summed E-state index contributed by atoms with van der Waals surface area (Å²) in [6, 6.07) is 8.83. The van der Waals surface area contributed by atoms with Gasteiger partial charge in [-0.15, -0.1) is 0 Å². The third kappa shape index (κ3) is 2.07. The Morgan fingerprint density at radius 1 is 1.33 bits per heavy atom. The Bertz CT molecular complexity index is 524. The third-order valence-electron chi connectivity index (χ3n) is 3.87. The molecule has 94 valence electrons. The smallest absolute Gasteiger partial charge is 0.244 e. The van der Waals surface area contributed by atoms with Crippen LogP contribution in [0, 0.1) is 5.41 Å². The molecule has 2 aliphatic rings. The normalized spacial score (nSPS) is 22.9. The zero-order valence-corrected chi connectivity index (χ0v) is 11.0.